The number of halogens is 10. The van der Waals surface area contributed by atoms with Crippen LogP contribution in [0.25, 0.3) is 0 Å². The van der Waals surface area contributed by atoms with Gasteiger partial charge in [-0.15, -0.1) is 0 Å². The minimum Gasteiger partial charge on any atom is -0.429 e. The molecule has 0 N–H and O–H groups in total. The molecule has 0 fully saturated rings. The molecule has 0 aromatic heterocycles. The minimum atomic E-state index is -3.48. The third kappa shape index (κ3) is 18.2. The average molecular weight is 983 g/mol. The van der Waals surface area contributed by atoms with Crippen molar-refractivity contribution in [2.45, 2.75) is 143 Å². The lowest BCUT2D eigenvalue weighted by Crippen LogP contribution is -2.21. The van der Waals surface area contributed by atoms with E-state index in [1.165, 1.54) is 93.5 Å². The van der Waals surface area contributed by atoms with Crippen molar-refractivity contribution in [3.05, 3.63) is 201 Å². The van der Waals surface area contributed by atoms with Crippen LogP contribution < -0.4 is 9.47 Å². The molecule has 0 aliphatic rings. The van der Waals surface area contributed by atoms with Gasteiger partial charge >= 0.3 is 12.2 Å². The molecule has 0 amide bonds. The molecule has 0 bridgehead atoms. The normalized spacial score (nSPS) is 11.4. The summed E-state index contributed by atoms with van der Waals surface area (Å²) in [6.07, 6.45) is 9.04. The predicted molar refractivity (Wildman–Crippen MR) is 259 cm³/mol. The molecule has 0 spiro atoms. The Kier molecular flexibility index (Phi) is 22.9. The standard InChI is InChI=1S/C29H31F5O.C28H29F5O.CH4/c1-2-3-4-5-6-7-8-21-11-15-24(16-12-21)29(33,34)35-25-17-13-22(14-18-25)9-10-23-19-26(30)28(32)27(31)20-23;1-2-3-4-5-6-7-20-10-14-23(15-11-20)28(32,33)34-24-16-12-21(13-17-24)8-9-22-18-25(29)27(31)26(30)19-22;/h11-20H,2-10H2,1H3;10-19H,2-9H2,1H3;1H4. The number of alkyl halides is 4. The number of benzene rings is 6. The largest absolute Gasteiger partial charge is 0.429 e. The molecule has 0 saturated carbocycles. The van der Waals surface area contributed by atoms with E-state index in [9.17, 15) is 43.9 Å². The first-order valence-corrected chi connectivity index (χ1v) is 23.8. The van der Waals surface area contributed by atoms with Crippen LogP contribution in [0, 0.1) is 34.9 Å². The van der Waals surface area contributed by atoms with E-state index in [1.54, 1.807) is 48.5 Å². The van der Waals surface area contributed by atoms with Crippen LogP contribution in [0.3, 0.4) is 0 Å². The SMILES string of the molecule is C.CCCCCCCCc1ccc(C(F)(F)Oc2ccc(CCc3cc(F)c(F)c(F)c3)cc2)cc1.CCCCCCCc1ccc(C(F)(F)Oc2ccc(CCc3cc(F)c(F)c(F)c3)cc2)cc1. The fraction of sp³-hybridized carbons (Fsp3) is 0.379. The second-order valence-electron chi connectivity index (χ2n) is 17.3. The molecule has 0 saturated heterocycles. The van der Waals surface area contributed by atoms with Crippen molar-refractivity contribution in [3.63, 3.8) is 0 Å². The third-order valence-corrected chi connectivity index (χ3v) is 11.8. The Morgan fingerprint density at radius 3 is 0.900 bits per heavy atom. The van der Waals surface area contributed by atoms with Crippen LogP contribution in [0.5, 0.6) is 11.5 Å². The van der Waals surface area contributed by atoms with Crippen LogP contribution in [0.4, 0.5) is 43.9 Å². The zero-order valence-electron chi connectivity index (χ0n) is 39.2. The van der Waals surface area contributed by atoms with Crippen LogP contribution in [0.15, 0.2) is 121 Å². The van der Waals surface area contributed by atoms with Crippen LogP contribution >= 0.6 is 0 Å². The van der Waals surface area contributed by atoms with Gasteiger partial charge in [-0.05, 0) is 158 Å². The molecule has 6 aromatic rings. The number of unbranched alkanes of at least 4 members (excludes halogenated alkanes) is 9. The van der Waals surface area contributed by atoms with Crippen molar-refractivity contribution in [2.24, 2.45) is 0 Å². The molecular weight excluding hydrogens is 919 g/mol. The Balaban J connectivity index is 0.000000300. The summed E-state index contributed by atoms with van der Waals surface area (Å²) in [4.78, 5) is 0. The van der Waals surface area contributed by atoms with E-state index in [4.69, 9.17) is 9.47 Å². The number of aryl methyl sites for hydroxylation is 6. The van der Waals surface area contributed by atoms with Crippen LogP contribution in [-0.4, -0.2) is 0 Å². The van der Waals surface area contributed by atoms with Gasteiger partial charge in [0.05, 0.1) is 11.1 Å². The molecule has 378 valence electrons. The quantitative estimate of drug-likeness (QED) is 0.0323. The predicted octanol–water partition coefficient (Wildman–Crippen LogP) is 18.1. The molecule has 0 aliphatic heterocycles. The smallest absolute Gasteiger partial charge is 0.426 e. The van der Waals surface area contributed by atoms with Crippen molar-refractivity contribution in [2.75, 3.05) is 0 Å². The van der Waals surface area contributed by atoms with Gasteiger partial charge in [-0.1, -0.05) is 128 Å². The molecule has 0 radical (unpaired) electrons. The summed E-state index contributed by atoms with van der Waals surface area (Å²) in [5, 5.41) is 0. The fourth-order valence-electron chi connectivity index (χ4n) is 7.72. The van der Waals surface area contributed by atoms with E-state index in [0.717, 1.165) is 85.0 Å². The van der Waals surface area contributed by atoms with Crippen LogP contribution in [0.2, 0.25) is 0 Å². The summed E-state index contributed by atoms with van der Waals surface area (Å²) in [5.41, 5.74) is 3.79. The van der Waals surface area contributed by atoms with E-state index in [1.807, 2.05) is 0 Å². The maximum atomic E-state index is 14.7. The zero-order valence-corrected chi connectivity index (χ0v) is 39.2. The number of ether oxygens (including phenoxy) is 2. The van der Waals surface area contributed by atoms with E-state index < -0.39 is 47.1 Å². The monoisotopic (exact) mass is 982 g/mol. The molecular formula is C58H64F10O2. The van der Waals surface area contributed by atoms with Gasteiger partial charge in [-0.3, -0.25) is 0 Å². The third-order valence-electron chi connectivity index (χ3n) is 11.8. The van der Waals surface area contributed by atoms with Gasteiger partial charge < -0.3 is 9.47 Å². The lowest BCUT2D eigenvalue weighted by molar-refractivity contribution is -0.186. The van der Waals surface area contributed by atoms with Gasteiger partial charge in [0, 0.05) is 0 Å². The lowest BCUT2D eigenvalue weighted by atomic mass is 10.0. The van der Waals surface area contributed by atoms with Gasteiger partial charge in [0.2, 0.25) is 0 Å². The first-order chi connectivity index (χ1) is 33.1. The van der Waals surface area contributed by atoms with Crippen LogP contribution in [-0.2, 0) is 50.7 Å². The maximum Gasteiger partial charge on any atom is 0.426 e. The van der Waals surface area contributed by atoms with Gasteiger partial charge in [0.15, 0.2) is 34.9 Å². The molecule has 0 atom stereocenters. The molecule has 70 heavy (non-hydrogen) atoms. The summed E-state index contributed by atoms with van der Waals surface area (Å²) < 4.78 is 148. The summed E-state index contributed by atoms with van der Waals surface area (Å²) in [5.74, 6) is -7.92. The zero-order chi connectivity index (χ0) is 49.8. The van der Waals surface area contributed by atoms with Crippen molar-refractivity contribution < 1.29 is 53.4 Å². The number of rotatable bonds is 25. The van der Waals surface area contributed by atoms with Gasteiger partial charge in [0.1, 0.15) is 11.5 Å². The molecule has 0 aliphatic carbocycles. The summed E-state index contributed by atoms with van der Waals surface area (Å²) in [7, 11) is 0. The van der Waals surface area contributed by atoms with Gasteiger partial charge in [-0.2, -0.15) is 17.6 Å². The molecule has 2 nitrogen and oxygen atoms in total. The van der Waals surface area contributed by atoms with Gasteiger partial charge in [-0.25, -0.2) is 26.3 Å². The average Bonchev–Trinajstić information content (AvgIpc) is 3.33. The Hall–Kier alpha value is -5.78. The second-order valence-corrected chi connectivity index (χ2v) is 17.3. The highest BCUT2D eigenvalue weighted by molar-refractivity contribution is 5.33. The Labute approximate surface area is 407 Å². The summed E-state index contributed by atoms with van der Waals surface area (Å²) in [6, 6.07) is 28.5. The Morgan fingerprint density at radius 2 is 0.586 bits per heavy atom. The lowest BCUT2D eigenvalue weighted by Gasteiger charge is -2.19. The minimum absolute atomic E-state index is 0. The first kappa shape index (κ1) is 56.8. The highest BCUT2D eigenvalue weighted by atomic mass is 19.3. The van der Waals surface area contributed by atoms with Crippen molar-refractivity contribution in [3.8, 4) is 11.5 Å². The number of hydrogen-bond acceptors (Lipinski definition) is 2. The number of hydrogen-bond donors (Lipinski definition) is 0. The van der Waals surface area contributed by atoms with Crippen LogP contribution in [0.1, 0.15) is 136 Å². The molecule has 0 heterocycles. The maximum absolute atomic E-state index is 14.7. The second kappa shape index (κ2) is 28.2. The highest BCUT2D eigenvalue weighted by Crippen LogP contribution is 2.34. The van der Waals surface area contributed by atoms with Gasteiger partial charge in [0.25, 0.3) is 0 Å². The molecule has 6 aromatic carbocycles. The molecule has 6 rings (SSSR count). The van der Waals surface area contributed by atoms with E-state index in [-0.39, 0.29) is 42.9 Å². The van der Waals surface area contributed by atoms with E-state index in [2.05, 4.69) is 13.8 Å². The fourth-order valence-corrected chi connectivity index (χ4v) is 7.72. The topological polar surface area (TPSA) is 18.5 Å². The van der Waals surface area contributed by atoms with Crippen molar-refractivity contribution in [1.82, 2.24) is 0 Å². The summed E-state index contributed by atoms with van der Waals surface area (Å²) in [6.45, 7) is 4.35. The Bertz CT molecular complexity index is 2410. The highest BCUT2D eigenvalue weighted by Gasteiger charge is 2.35. The molecule has 0 unspecified atom stereocenters. The molecule has 12 heteroatoms. The first-order valence-electron chi connectivity index (χ1n) is 23.8. The Morgan fingerprint density at radius 1 is 0.329 bits per heavy atom. The van der Waals surface area contributed by atoms with E-state index >= 15 is 0 Å². The summed E-state index contributed by atoms with van der Waals surface area (Å²) >= 11 is 0. The van der Waals surface area contributed by atoms with Crippen molar-refractivity contribution >= 4 is 0 Å². The van der Waals surface area contributed by atoms with Crippen molar-refractivity contribution in [1.29, 1.82) is 0 Å². The van der Waals surface area contributed by atoms with E-state index in [0.29, 0.717) is 24.0 Å².